The predicted octanol–water partition coefficient (Wildman–Crippen LogP) is 3.50. The Morgan fingerprint density at radius 1 is 1.14 bits per heavy atom. The summed E-state index contributed by atoms with van der Waals surface area (Å²) in [5, 5.41) is 9.57. The number of aromatic nitrogens is 2. The lowest BCUT2D eigenvalue weighted by atomic mass is 10.2. The van der Waals surface area contributed by atoms with Crippen LogP contribution in [-0.2, 0) is 13.2 Å². The van der Waals surface area contributed by atoms with E-state index >= 15 is 0 Å². The van der Waals surface area contributed by atoms with Crippen molar-refractivity contribution in [2.75, 3.05) is 7.11 Å². The maximum Gasteiger partial charge on any atom is 0.261 e. The number of para-hydroxylation sites is 1. The molecule has 0 amide bonds. The van der Waals surface area contributed by atoms with Gasteiger partial charge < -0.3 is 13.9 Å². The largest absolute Gasteiger partial charge is 0.493 e. The van der Waals surface area contributed by atoms with Gasteiger partial charge in [-0.1, -0.05) is 12.1 Å². The molecule has 2 aromatic heterocycles. The molecule has 2 heterocycles. The van der Waals surface area contributed by atoms with Gasteiger partial charge >= 0.3 is 0 Å². The van der Waals surface area contributed by atoms with Crippen molar-refractivity contribution in [2.24, 2.45) is 0 Å². The van der Waals surface area contributed by atoms with Gasteiger partial charge in [-0.05, 0) is 36.4 Å². The molecular weight excluding hydrogens is 370 g/mol. The van der Waals surface area contributed by atoms with Gasteiger partial charge in [0, 0.05) is 6.07 Å². The van der Waals surface area contributed by atoms with Crippen LogP contribution in [-0.4, -0.2) is 16.7 Å². The number of ether oxygens (including phenoxy) is 2. The normalized spacial score (nSPS) is 10.6. The monoisotopic (exact) mass is 387 g/mol. The lowest BCUT2D eigenvalue weighted by Gasteiger charge is -2.15. The molecule has 7 nitrogen and oxygen atoms in total. The van der Waals surface area contributed by atoms with Crippen molar-refractivity contribution in [3.63, 3.8) is 0 Å². The van der Waals surface area contributed by atoms with E-state index in [1.165, 1.54) is 11.7 Å². The number of nitrogens with zero attached hydrogens (tertiary/aromatic N) is 3. The minimum atomic E-state index is -0.169. The molecule has 144 valence electrons. The highest BCUT2D eigenvalue weighted by Gasteiger charge is 2.14. The minimum Gasteiger partial charge on any atom is -0.493 e. The van der Waals surface area contributed by atoms with Crippen LogP contribution in [0.15, 0.2) is 70.1 Å². The van der Waals surface area contributed by atoms with E-state index < -0.39 is 0 Å². The molecule has 0 spiro atoms. The Bertz CT molecular complexity index is 1250. The molecular formula is C22H17N3O4. The SMILES string of the molecule is COc1cc(C#N)ccc1OCc1nc2ccccc2c(=O)n1Cc1ccco1. The maximum atomic E-state index is 13.1. The molecule has 7 heteroatoms. The first-order valence-corrected chi connectivity index (χ1v) is 8.91. The first kappa shape index (κ1) is 18.3. The Labute approximate surface area is 166 Å². The van der Waals surface area contributed by atoms with Gasteiger partial charge in [-0.3, -0.25) is 9.36 Å². The van der Waals surface area contributed by atoms with Crippen LogP contribution < -0.4 is 15.0 Å². The van der Waals surface area contributed by atoms with Crippen LogP contribution >= 0.6 is 0 Å². The van der Waals surface area contributed by atoms with E-state index in [0.29, 0.717) is 39.6 Å². The highest BCUT2D eigenvalue weighted by Crippen LogP contribution is 2.28. The average Bonchev–Trinajstić information content (AvgIpc) is 3.27. The fourth-order valence-electron chi connectivity index (χ4n) is 3.04. The minimum absolute atomic E-state index is 0.0447. The number of methoxy groups -OCH3 is 1. The number of nitriles is 1. The summed E-state index contributed by atoms with van der Waals surface area (Å²) in [6.07, 6.45) is 1.56. The third-order valence-corrected chi connectivity index (χ3v) is 4.48. The zero-order chi connectivity index (χ0) is 20.2. The van der Waals surface area contributed by atoms with Crippen LogP contribution in [0.1, 0.15) is 17.1 Å². The van der Waals surface area contributed by atoms with Crippen molar-refractivity contribution in [1.82, 2.24) is 9.55 Å². The Morgan fingerprint density at radius 2 is 2.00 bits per heavy atom. The van der Waals surface area contributed by atoms with Gasteiger partial charge in [-0.25, -0.2) is 4.98 Å². The average molecular weight is 387 g/mol. The van der Waals surface area contributed by atoms with Crippen molar-refractivity contribution in [2.45, 2.75) is 13.2 Å². The Kier molecular flexibility index (Phi) is 4.99. The van der Waals surface area contributed by atoms with E-state index in [-0.39, 0.29) is 18.7 Å². The van der Waals surface area contributed by atoms with E-state index in [2.05, 4.69) is 11.1 Å². The van der Waals surface area contributed by atoms with Crippen LogP contribution in [0.4, 0.5) is 0 Å². The third kappa shape index (κ3) is 3.69. The van der Waals surface area contributed by atoms with Crippen molar-refractivity contribution < 1.29 is 13.9 Å². The Hall–Kier alpha value is -4.05. The van der Waals surface area contributed by atoms with Crippen LogP contribution in [0.3, 0.4) is 0 Å². The molecule has 0 aliphatic heterocycles. The van der Waals surface area contributed by atoms with Crippen molar-refractivity contribution >= 4 is 10.9 Å². The Morgan fingerprint density at radius 3 is 2.76 bits per heavy atom. The second kappa shape index (κ2) is 7.90. The molecule has 29 heavy (non-hydrogen) atoms. The van der Waals surface area contributed by atoms with Crippen molar-refractivity contribution in [3.8, 4) is 17.6 Å². The summed E-state index contributed by atoms with van der Waals surface area (Å²) in [5.74, 6) is 1.99. The van der Waals surface area contributed by atoms with E-state index in [1.54, 1.807) is 54.8 Å². The summed E-state index contributed by atoms with van der Waals surface area (Å²) >= 11 is 0. The molecule has 0 aliphatic rings. The molecule has 0 N–H and O–H groups in total. The van der Waals surface area contributed by atoms with Gasteiger partial charge in [-0.2, -0.15) is 5.26 Å². The fraction of sp³-hybridized carbons (Fsp3) is 0.136. The van der Waals surface area contributed by atoms with Gasteiger partial charge in [0.2, 0.25) is 0 Å². The van der Waals surface area contributed by atoms with E-state index in [0.717, 1.165) is 0 Å². The molecule has 0 unspecified atom stereocenters. The lowest BCUT2D eigenvalue weighted by molar-refractivity contribution is 0.269. The molecule has 0 atom stereocenters. The lowest BCUT2D eigenvalue weighted by Crippen LogP contribution is -2.26. The molecule has 0 saturated carbocycles. The molecule has 4 rings (SSSR count). The Balaban J connectivity index is 1.73. The van der Waals surface area contributed by atoms with Gasteiger partial charge in [0.05, 0.1) is 42.5 Å². The van der Waals surface area contributed by atoms with Gasteiger partial charge in [0.25, 0.3) is 5.56 Å². The van der Waals surface area contributed by atoms with Gasteiger partial charge in [-0.15, -0.1) is 0 Å². The predicted molar refractivity (Wildman–Crippen MR) is 106 cm³/mol. The van der Waals surface area contributed by atoms with Crippen LogP contribution in [0.25, 0.3) is 10.9 Å². The molecule has 4 aromatic rings. The van der Waals surface area contributed by atoms with E-state index in [1.807, 2.05) is 6.07 Å². The zero-order valence-corrected chi connectivity index (χ0v) is 15.7. The summed E-state index contributed by atoms with van der Waals surface area (Å²) in [5.41, 5.74) is 0.892. The summed E-state index contributed by atoms with van der Waals surface area (Å²) in [7, 11) is 1.50. The number of benzene rings is 2. The van der Waals surface area contributed by atoms with Crippen LogP contribution in [0, 0.1) is 11.3 Å². The highest BCUT2D eigenvalue weighted by atomic mass is 16.5. The number of rotatable bonds is 6. The standard InChI is InChI=1S/C22H17N3O4/c1-27-20-11-15(12-23)8-9-19(20)29-14-21-24-18-7-3-2-6-17(18)22(26)25(21)13-16-5-4-10-28-16/h2-11H,13-14H2,1H3. The topological polar surface area (TPSA) is 90.3 Å². The molecule has 0 radical (unpaired) electrons. The second-order valence-corrected chi connectivity index (χ2v) is 6.28. The molecule has 0 saturated heterocycles. The first-order chi connectivity index (χ1) is 14.2. The second-order valence-electron chi connectivity index (χ2n) is 6.28. The summed E-state index contributed by atoms with van der Waals surface area (Å²) < 4.78 is 18.1. The number of furan rings is 1. The number of hydrogen-bond acceptors (Lipinski definition) is 6. The zero-order valence-electron chi connectivity index (χ0n) is 15.7. The van der Waals surface area contributed by atoms with E-state index in [9.17, 15) is 4.79 Å². The third-order valence-electron chi connectivity index (χ3n) is 4.48. The fourth-order valence-corrected chi connectivity index (χ4v) is 3.04. The van der Waals surface area contributed by atoms with Crippen molar-refractivity contribution in [1.29, 1.82) is 5.26 Å². The molecule has 0 bridgehead atoms. The van der Waals surface area contributed by atoms with Crippen molar-refractivity contribution in [3.05, 3.63) is 88.4 Å². The smallest absolute Gasteiger partial charge is 0.261 e. The summed E-state index contributed by atoms with van der Waals surface area (Å²) in [4.78, 5) is 17.7. The number of fused-ring (bicyclic) bond motifs is 1. The maximum absolute atomic E-state index is 13.1. The summed E-state index contributed by atoms with van der Waals surface area (Å²) in [6.45, 7) is 0.288. The van der Waals surface area contributed by atoms with Gasteiger partial charge in [0.1, 0.15) is 12.4 Å². The number of hydrogen-bond donors (Lipinski definition) is 0. The quantitative estimate of drug-likeness (QED) is 0.503. The highest BCUT2D eigenvalue weighted by molar-refractivity contribution is 5.77. The molecule has 0 aliphatic carbocycles. The molecule has 2 aromatic carbocycles. The molecule has 0 fully saturated rings. The van der Waals surface area contributed by atoms with E-state index in [4.69, 9.17) is 19.2 Å². The van der Waals surface area contributed by atoms with Crippen LogP contribution in [0.5, 0.6) is 11.5 Å². The first-order valence-electron chi connectivity index (χ1n) is 8.91. The van der Waals surface area contributed by atoms with Crippen LogP contribution in [0.2, 0.25) is 0 Å². The van der Waals surface area contributed by atoms with Gasteiger partial charge in [0.15, 0.2) is 17.3 Å². The summed E-state index contributed by atoms with van der Waals surface area (Å²) in [6, 6.07) is 17.7.